The highest BCUT2D eigenvalue weighted by molar-refractivity contribution is 8.00. The van der Waals surface area contributed by atoms with Gasteiger partial charge in [-0.2, -0.15) is 0 Å². The van der Waals surface area contributed by atoms with Crippen LogP contribution in [0.15, 0.2) is 78.2 Å². The zero-order chi connectivity index (χ0) is 16.8. The molecule has 1 amide bonds. The Kier molecular flexibility index (Phi) is 5.33. The zero-order valence-corrected chi connectivity index (χ0v) is 14.2. The smallest absolute Gasteiger partial charge is 0.237 e. The molecule has 0 saturated carbocycles. The first-order valence-corrected chi connectivity index (χ1v) is 8.68. The van der Waals surface area contributed by atoms with Gasteiger partial charge in [-0.25, -0.2) is 4.98 Å². The van der Waals surface area contributed by atoms with Gasteiger partial charge in [-0.15, -0.1) is 0 Å². The Morgan fingerprint density at radius 1 is 1.12 bits per heavy atom. The average Bonchev–Trinajstić information content (AvgIpc) is 3.03. The number of hydrogen-bond donors (Lipinski definition) is 1. The summed E-state index contributed by atoms with van der Waals surface area (Å²) in [7, 11) is 0. The third kappa shape index (κ3) is 4.26. The highest BCUT2D eigenvalue weighted by atomic mass is 32.2. The molecule has 1 atom stereocenters. The van der Waals surface area contributed by atoms with Crippen LogP contribution < -0.4 is 5.32 Å². The number of amides is 1. The molecule has 24 heavy (non-hydrogen) atoms. The second-order valence-corrected chi connectivity index (χ2v) is 6.75. The van der Waals surface area contributed by atoms with E-state index in [1.807, 2.05) is 61.7 Å². The topological polar surface area (TPSA) is 46.9 Å². The fourth-order valence-electron chi connectivity index (χ4n) is 2.29. The van der Waals surface area contributed by atoms with Crippen molar-refractivity contribution >= 4 is 23.4 Å². The molecule has 0 saturated heterocycles. The molecule has 3 rings (SSSR count). The summed E-state index contributed by atoms with van der Waals surface area (Å²) in [4.78, 5) is 16.7. The van der Waals surface area contributed by atoms with Crippen LogP contribution in [0.5, 0.6) is 0 Å². The van der Waals surface area contributed by atoms with Gasteiger partial charge in [-0.3, -0.25) is 4.79 Å². The molecular formula is C19H19N3OS. The summed E-state index contributed by atoms with van der Waals surface area (Å²) in [6, 6.07) is 19.7. The largest absolute Gasteiger partial charge is 0.325 e. The Balaban J connectivity index is 1.63. The zero-order valence-electron chi connectivity index (χ0n) is 13.4. The monoisotopic (exact) mass is 337 g/mol. The van der Waals surface area contributed by atoms with Crippen LogP contribution in [0.2, 0.25) is 0 Å². The van der Waals surface area contributed by atoms with Gasteiger partial charge in [-0.05, 0) is 24.6 Å². The molecule has 0 unspecified atom stereocenters. The fraction of sp³-hybridized carbons (Fsp3) is 0.158. The number of anilines is 1. The highest BCUT2D eigenvalue weighted by Gasteiger charge is 2.17. The van der Waals surface area contributed by atoms with Gasteiger partial charge in [-0.1, -0.05) is 60.3 Å². The molecule has 0 radical (unpaired) electrons. The van der Waals surface area contributed by atoms with Crippen LogP contribution in [-0.4, -0.2) is 20.7 Å². The van der Waals surface area contributed by atoms with Crippen LogP contribution in [0, 0.1) is 0 Å². The van der Waals surface area contributed by atoms with Crippen molar-refractivity contribution in [2.24, 2.45) is 0 Å². The Bertz CT molecular complexity index is 787. The summed E-state index contributed by atoms with van der Waals surface area (Å²) in [6.07, 6.45) is 3.71. The Morgan fingerprint density at radius 3 is 2.50 bits per heavy atom. The number of nitrogens with one attached hydrogen (secondary N) is 1. The van der Waals surface area contributed by atoms with Crippen molar-refractivity contribution in [1.29, 1.82) is 0 Å². The van der Waals surface area contributed by atoms with Crippen molar-refractivity contribution < 1.29 is 4.79 Å². The molecule has 1 heterocycles. The lowest BCUT2D eigenvalue weighted by atomic mass is 10.2. The number of thioether (sulfide) groups is 1. The number of hydrogen-bond acceptors (Lipinski definition) is 3. The van der Waals surface area contributed by atoms with E-state index in [1.165, 1.54) is 17.3 Å². The first-order valence-electron chi connectivity index (χ1n) is 7.80. The molecule has 0 bridgehead atoms. The number of carbonyl (C=O) groups excluding carboxylic acids is 1. The fourth-order valence-corrected chi connectivity index (χ4v) is 3.16. The summed E-state index contributed by atoms with van der Waals surface area (Å²) in [5.74, 6) is -0.0274. The van der Waals surface area contributed by atoms with E-state index in [2.05, 4.69) is 27.0 Å². The third-order valence-electron chi connectivity index (χ3n) is 3.57. The molecule has 0 aliphatic heterocycles. The number of rotatable bonds is 6. The van der Waals surface area contributed by atoms with Crippen molar-refractivity contribution in [2.75, 3.05) is 5.32 Å². The third-order valence-corrected chi connectivity index (χ3v) is 4.68. The quantitative estimate of drug-likeness (QED) is 0.690. The molecule has 0 fully saturated rings. The molecule has 5 heteroatoms. The second-order valence-electron chi connectivity index (χ2n) is 5.44. The molecule has 2 aromatic carbocycles. The predicted molar refractivity (Wildman–Crippen MR) is 98.2 cm³/mol. The summed E-state index contributed by atoms with van der Waals surface area (Å²) in [6.45, 7) is 2.64. The Morgan fingerprint density at radius 2 is 1.79 bits per heavy atom. The van der Waals surface area contributed by atoms with E-state index in [-0.39, 0.29) is 11.2 Å². The number of benzene rings is 2. The lowest BCUT2D eigenvalue weighted by molar-refractivity contribution is -0.115. The first-order chi connectivity index (χ1) is 11.7. The molecule has 3 aromatic rings. The van der Waals surface area contributed by atoms with Crippen molar-refractivity contribution in [3.8, 4) is 0 Å². The summed E-state index contributed by atoms with van der Waals surface area (Å²) < 4.78 is 2.06. The maximum atomic E-state index is 12.3. The van der Waals surface area contributed by atoms with Crippen molar-refractivity contribution in [3.05, 3.63) is 78.6 Å². The lowest BCUT2D eigenvalue weighted by Crippen LogP contribution is -2.22. The van der Waals surface area contributed by atoms with Crippen LogP contribution in [0.1, 0.15) is 12.5 Å². The predicted octanol–water partition coefficient (Wildman–Crippen LogP) is 4.05. The molecule has 1 aromatic heterocycles. The molecule has 1 N–H and O–H groups in total. The van der Waals surface area contributed by atoms with Crippen LogP contribution >= 0.6 is 11.8 Å². The molecule has 122 valence electrons. The van der Waals surface area contributed by atoms with E-state index in [9.17, 15) is 4.79 Å². The molecule has 0 aliphatic carbocycles. The van der Waals surface area contributed by atoms with Gasteiger partial charge >= 0.3 is 0 Å². The van der Waals surface area contributed by atoms with E-state index in [0.29, 0.717) is 0 Å². The van der Waals surface area contributed by atoms with Gasteiger partial charge in [0.2, 0.25) is 5.91 Å². The average molecular weight is 337 g/mol. The lowest BCUT2D eigenvalue weighted by Gasteiger charge is -2.13. The Labute approximate surface area is 145 Å². The van der Waals surface area contributed by atoms with Crippen molar-refractivity contribution in [1.82, 2.24) is 9.55 Å². The van der Waals surface area contributed by atoms with Crippen molar-refractivity contribution in [2.45, 2.75) is 23.9 Å². The van der Waals surface area contributed by atoms with Gasteiger partial charge in [0, 0.05) is 24.6 Å². The first kappa shape index (κ1) is 16.3. The van der Waals surface area contributed by atoms with E-state index >= 15 is 0 Å². The van der Waals surface area contributed by atoms with Gasteiger partial charge in [0.15, 0.2) is 5.16 Å². The van der Waals surface area contributed by atoms with E-state index in [1.54, 1.807) is 6.20 Å². The van der Waals surface area contributed by atoms with Gasteiger partial charge in [0.1, 0.15) is 0 Å². The van der Waals surface area contributed by atoms with Crippen LogP contribution in [-0.2, 0) is 11.3 Å². The van der Waals surface area contributed by atoms with Crippen LogP contribution in [0.4, 0.5) is 5.69 Å². The standard InChI is InChI=1S/C19H19N3OS/c1-15(18(23)21-17-10-6-3-7-11-17)24-19-20-12-13-22(19)14-16-8-4-2-5-9-16/h2-13,15H,14H2,1H3,(H,21,23)/t15-/m0/s1. The number of para-hydroxylation sites is 1. The minimum atomic E-state index is -0.234. The maximum absolute atomic E-state index is 12.3. The van der Waals surface area contributed by atoms with E-state index in [4.69, 9.17) is 0 Å². The van der Waals surface area contributed by atoms with E-state index < -0.39 is 0 Å². The SMILES string of the molecule is C[C@H](Sc1nccn1Cc1ccccc1)C(=O)Nc1ccccc1. The normalized spacial score (nSPS) is 11.9. The van der Waals surface area contributed by atoms with Crippen LogP contribution in [0.25, 0.3) is 0 Å². The number of nitrogens with zero attached hydrogens (tertiary/aromatic N) is 2. The maximum Gasteiger partial charge on any atom is 0.237 e. The summed E-state index contributed by atoms with van der Waals surface area (Å²) >= 11 is 1.46. The molecule has 0 spiro atoms. The number of imidazole rings is 1. The highest BCUT2D eigenvalue weighted by Crippen LogP contribution is 2.23. The summed E-state index contributed by atoms with van der Waals surface area (Å²) in [5, 5.41) is 3.53. The van der Waals surface area contributed by atoms with Gasteiger partial charge in [0.25, 0.3) is 0 Å². The van der Waals surface area contributed by atoms with E-state index in [0.717, 1.165) is 17.4 Å². The summed E-state index contributed by atoms with van der Waals surface area (Å²) in [5.41, 5.74) is 2.02. The van der Waals surface area contributed by atoms with Crippen LogP contribution in [0.3, 0.4) is 0 Å². The number of aromatic nitrogens is 2. The number of carbonyl (C=O) groups is 1. The molecule has 4 nitrogen and oxygen atoms in total. The minimum Gasteiger partial charge on any atom is -0.325 e. The Hall–Kier alpha value is -2.53. The van der Waals surface area contributed by atoms with Gasteiger partial charge < -0.3 is 9.88 Å². The van der Waals surface area contributed by atoms with Gasteiger partial charge in [0.05, 0.1) is 5.25 Å². The second kappa shape index (κ2) is 7.84. The minimum absolute atomic E-state index is 0.0274. The molecular weight excluding hydrogens is 318 g/mol. The molecule has 0 aliphatic rings. The van der Waals surface area contributed by atoms with Crippen molar-refractivity contribution in [3.63, 3.8) is 0 Å².